The SMILES string of the molecule is COC(=O)c1ccc(S(C)(=O)=O)c(-c2nnco2)c1Cl. The summed E-state index contributed by atoms with van der Waals surface area (Å²) in [6.45, 7) is 0. The van der Waals surface area contributed by atoms with Crippen molar-refractivity contribution in [2.45, 2.75) is 4.90 Å². The zero-order chi connectivity index (χ0) is 14.9. The average molecular weight is 317 g/mol. The minimum Gasteiger partial charge on any atom is -0.465 e. The van der Waals surface area contributed by atoms with E-state index in [1.807, 2.05) is 0 Å². The molecule has 0 unspecified atom stereocenters. The number of carbonyl (C=O) groups excluding carboxylic acids is 1. The lowest BCUT2D eigenvalue weighted by Crippen LogP contribution is -2.07. The number of nitrogens with zero attached hydrogens (tertiary/aromatic N) is 2. The van der Waals surface area contributed by atoms with Crippen LogP contribution in [-0.4, -0.2) is 38.0 Å². The Kier molecular flexibility index (Phi) is 3.78. The van der Waals surface area contributed by atoms with Crippen molar-refractivity contribution in [3.63, 3.8) is 0 Å². The van der Waals surface area contributed by atoms with Gasteiger partial charge in [0.2, 0.25) is 12.3 Å². The first kappa shape index (κ1) is 14.5. The number of rotatable bonds is 3. The molecule has 0 radical (unpaired) electrons. The lowest BCUT2D eigenvalue weighted by atomic mass is 10.1. The van der Waals surface area contributed by atoms with Crippen molar-refractivity contribution in [1.82, 2.24) is 10.2 Å². The summed E-state index contributed by atoms with van der Waals surface area (Å²) < 4.78 is 33.1. The molecule has 2 rings (SSSR count). The normalized spacial score (nSPS) is 11.3. The van der Waals surface area contributed by atoms with E-state index >= 15 is 0 Å². The molecule has 1 aromatic heterocycles. The second-order valence-corrected chi connectivity index (χ2v) is 6.17. The van der Waals surface area contributed by atoms with E-state index < -0.39 is 15.8 Å². The van der Waals surface area contributed by atoms with Crippen LogP contribution in [0.15, 0.2) is 27.8 Å². The predicted octanol–water partition coefficient (Wildman–Crippen LogP) is 1.58. The van der Waals surface area contributed by atoms with E-state index in [1.165, 1.54) is 19.2 Å². The van der Waals surface area contributed by atoms with Gasteiger partial charge in [-0.05, 0) is 12.1 Å². The lowest BCUT2D eigenvalue weighted by Gasteiger charge is -2.10. The molecule has 2 aromatic rings. The molecule has 1 aromatic carbocycles. The number of aromatic nitrogens is 2. The van der Waals surface area contributed by atoms with Gasteiger partial charge < -0.3 is 9.15 Å². The van der Waals surface area contributed by atoms with Gasteiger partial charge in [-0.2, -0.15) is 0 Å². The van der Waals surface area contributed by atoms with Crippen LogP contribution in [0.1, 0.15) is 10.4 Å². The van der Waals surface area contributed by atoms with E-state index in [9.17, 15) is 13.2 Å². The van der Waals surface area contributed by atoms with E-state index in [1.54, 1.807) is 0 Å². The maximum absolute atomic E-state index is 11.8. The number of esters is 1. The van der Waals surface area contributed by atoms with Gasteiger partial charge in [0.05, 0.1) is 28.2 Å². The molecule has 0 saturated heterocycles. The molecule has 0 saturated carbocycles. The third kappa shape index (κ3) is 2.52. The second-order valence-electron chi connectivity index (χ2n) is 3.81. The second kappa shape index (κ2) is 5.22. The van der Waals surface area contributed by atoms with Gasteiger partial charge in [0.1, 0.15) is 0 Å². The minimum atomic E-state index is -3.60. The molecule has 106 valence electrons. The summed E-state index contributed by atoms with van der Waals surface area (Å²) in [7, 11) is -2.41. The van der Waals surface area contributed by atoms with Crippen molar-refractivity contribution >= 4 is 27.4 Å². The molecule has 0 bridgehead atoms. The molecule has 9 heteroatoms. The average Bonchev–Trinajstić information content (AvgIpc) is 2.89. The van der Waals surface area contributed by atoms with E-state index in [0.29, 0.717) is 0 Å². The summed E-state index contributed by atoms with van der Waals surface area (Å²) in [6.07, 6.45) is 2.04. The molecule has 0 N–H and O–H groups in total. The van der Waals surface area contributed by atoms with Crippen LogP contribution in [0.2, 0.25) is 5.02 Å². The number of halogens is 1. The predicted molar refractivity (Wildman–Crippen MR) is 69.2 cm³/mol. The smallest absolute Gasteiger partial charge is 0.339 e. The van der Waals surface area contributed by atoms with E-state index in [4.69, 9.17) is 16.0 Å². The maximum atomic E-state index is 11.8. The summed E-state index contributed by atoms with van der Waals surface area (Å²) in [6, 6.07) is 2.51. The fourth-order valence-corrected chi connectivity index (χ4v) is 2.87. The van der Waals surface area contributed by atoms with Crippen LogP contribution in [0.5, 0.6) is 0 Å². The number of methoxy groups -OCH3 is 1. The Labute approximate surface area is 119 Å². The molecule has 7 nitrogen and oxygen atoms in total. The number of carbonyl (C=O) groups is 1. The fourth-order valence-electron chi connectivity index (χ4n) is 1.62. The van der Waals surface area contributed by atoms with E-state index in [-0.39, 0.29) is 26.9 Å². The Morgan fingerprint density at radius 2 is 2.10 bits per heavy atom. The van der Waals surface area contributed by atoms with Crippen molar-refractivity contribution in [2.24, 2.45) is 0 Å². The number of hydrogen-bond acceptors (Lipinski definition) is 7. The summed E-state index contributed by atoms with van der Waals surface area (Å²) in [5.74, 6) is -0.794. The minimum absolute atomic E-state index is 0.00904. The molecule has 0 atom stereocenters. The Bertz CT molecular complexity index is 755. The van der Waals surface area contributed by atoms with Crippen molar-refractivity contribution < 1.29 is 22.4 Å². The maximum Gasteiger partial charge on any atom is 0.339 e. The monoisotopic (exact) mass is 316 g/mol. The molecule has 0 aliphatic carbocycles. The first-order valence-electron chi connectivity index (χ1n) is 5.23. The van der Waals surface area contributed by atoms with Crippen LogP contribution in [0.25, 0.3) is 11.5 Å². The largest absolute Gasteiger partial charge is 0.465 e. The van der Waals surface area contributed by atoms with E-state index in [0.717, 1.165) is 12.6 Å². The highest BCUT2D eigenvalue weighted by atomic mass is 35.5. The molecule has 1 heterocycles. The van der Waals surface area contributed by atoms with Gasteiger partial charge in [-0.1, -0.05) is 11.6 Å². The van der Waals surface area contributed by atoms with Crippen molar-refractivity contribution in [1.29, 1.82) is 0 Å². The summed E-state index contributed by atoms with van der Waals surface area (Å²) >= 11 is 6.09. The molecular weight excluding hydrogens is 308 g/mol. The molecule has 20 heavy (non-hydrogen) atoms. The first-order valence-corrected chi connectivity index (χ1v) is 7.50. The Morgan fingerprint density at radius 3 is 2.60 bits per heavy atom. The van der Waals surface area contributed by atoms with Gasteiger partial charge in [0, 0.05) is 6.26 Å². The highest BCUT2D eigenvalue weighted by Crippen LogP contribution is 2.35. The molecular formula is C11H9ClN2O5S. The summed E-state index contributed by atoms with van der Waals surface area (Å²) in [4.78, 5) is 11.5. The van der Waals surface area contributed by atoms with Gasteiger partial charge in [0.15, 0.2) is 9.84 Å². The molecule has 0 spiro atoms. The Morgan fingerprint density at radius 1 is 1.40 bits per heavy atom. The van der Waals surface area contributed by atoms with Gasteiger partial charge in [-0.25, -0.2) is 13.2 Å². The fraction of sp³-hybridized carbons (Fsp3) is 0.182. The van der Waals surface area contributed by atoms with E-state index in [2.05, 4.69) is 14.9 Å². The first-order chi connectivity index (χ1) is 9.36. The highest BCUT2D eigenvalue weighted by Gasteiger charge is 2.25. The van der Waals surface area contributed by atoms with Crippen LogP contribution in [0.3, 0.4) is 0 Å². The topological polar surface area (TPSA) is 99.4 Å². The Hall–Kier alpha value is -1.93. The van der Waals surface area contributed by atoms with Crippen LogP contribution < -0.4 is 0 Å². The van der Waals surface area contributed by atoms with Crippen molar-refractivity contribution in [3.8, 4) is 11.5 Å². The zero-order valence-electron chi connectivity index (χ0n) is 10.5. The Balaban J connectivity index is 2.81. The van der Waals surface area contributed by atoms with Gasteiger partial charge in [-0.15, -0.1) is 10.2 Å². The third-order valence-corrected chi connectivity index (χ3v) is 4.01. The van der Waals surface area contributed by atoms with Crippen LogP contribution >= 0.6 is 11.6 Å². The molecule has 0 fully saturated rings. The van der Waals surface area contributed by atoms with Crippen molar-refractivity contribution in [3.05, 3.63) is 29.1 Å². The van der Waals surface area contributed by atoms with Crippen LogP contribution in [0.4, 0.5) is 0 Å². The van der Waals surface area contributed by atoms with Crippen molar-refractivity contribution in [2.75, 3.05) is 13.4 Å². The summed E-state index contributed by atoms with van der Waals surface area (Å²) in [5, 5.41) is 6.98. The molecule has 0 aliphatic heterocycles. The standard InChI is InChI=1S/C11H9ClN2O5S/c1-18-11(15)6-3-4-7(20(2,16)17)8(9(6)12)10-14-13-5-19-10/h3-5H,1-2H3. The number of benzene rings is 1. The number of hydrogen-bond donors (Lipinski definition) is 0. The zero-order valence-corrected chi connectivity index (χ0v) is 12.0. The van der Waals surface area contributed by atoms with Gasteiger partial charge in [0.25, 0.3) is 0 Å². The lowest BCUT2D eigenvalue weighted by molar-refractivity contribution is 0.0601. The highest BCUT2D eigenvalue weighted by molar-refractivity contribution is 7.90. The van der Waals surface area contributed by atoms with Crippen LogP contribution in [0, 0.1) is 0 Å². The van der Waals surface area contributed by atoms with Gasteiger partial charge >= 0.3 is 5.97 Å². The molecule has 0 amide bonds. The third-order valence-electron chi connectivity index (χ3n) is 2.48. The number of sulfone groups is 1. The quantitative estimate of drug-likeness (QED) is 0.792. The summed E-state index contributed by atoms with van der Waals surface area (Å²) in [5.41, 5.74) is -0.00988. The van der Waals surface area contributed by atoms with Crippen LogP contribution in [-0.2, 0) is 14.6 Å². The molecule has 0 aliphatic rings. The van der Waals surface area contributed by atoms with Gasteiger partial charge in [-0.3, -0.25) is 0 Å². The number of ether oxygens (including phenoxy) is 1.